The Labute approximate surface area is 204 Å². The SMILES string of the molecule is CCNC(=NCC1CCCOC1c1ccc(C)cc1)NCCN1CCS(=O)(=O)CC1.I. The zero-order valence-electron chi connectivity index (χ0n) is 18.7. The first-order valence-electron chi connectivity index (χ1n) is 11.1. The molecular weight excluding hydrogens is 527 g/mol. The Morgan fingerprint density at radius 1 is 1.19 bits per heavy atom. The molecule has 9 heteroatoms. The molecule has 0 amide bonds. The monoisotopic (exact) mass is 564 g/mol. The number of halogens is 1. The van der Waals surface area contributed by atoms with Crippen molar-refractivity contribution in [2.75, 3.05) is 57.4 Å². The number of benzene rings is 1. The van der Waals surface area contributed by atoms with Gasteiger partial charge in [-0.2, -0.15) is 0 Å². The minimum absolute atomic E-state index is 0. The van der Waals surface area contributed by atoms with E-state index < -0.39 is 9.84 Å². The lowest BCUT2D eigenvalue weighted by Crippen LogP contribution is -2.46. The van der Waals surface area contributed by atoms with Crippen molar-refractivity contribution in [1.29, 1.82) is 0 Å². The molecule has 0 radical (unpaired) electrons. The van der Waals surface area contributed by atoms with E-state index in [4.69, 9.17) is 9.73 Å². The molecule has 2 heterocycles. The molecule has 2 unspecified atom stereocenters. The van der Waals surface area contributed by atoms with Crippen LogP contribution in [0.15, 0.2) is 29.3 Å². The highest BCUT2D eigenvalue weighted by molar-refractivity contribution is 14.0. The Morgan fingerprint density at radius 3 is 2.58 bits per heavy atom. The lowest BCUT2D eigenvalue weighted by Gasteiger charge is -2.31. The van der Waals surface area contributed by atoms with Crippen molar-refractivity contribution in [3.8, 4) is 0 Å². The molecule has 0 aliphatic carbocycles. The maximum Gasteiger partial charge on any atom is 0.191 e. The second kappa shape index (κ2) is 13.0. The maximum absolute atomic E-state index is 11.6. The molecule has 0 bridgehead atoms. The Balaban J connectivity index is 0.00000341. The van der Waals surface area contributed by atoms with Gasteiger partial charge in [-0.1, -0.05) is 29.8 Å². The van der Waals surface area contributed by atoms with Gasteiger partial charge in [0.05, 0.1) is 17.6 Å². The summed E-state index contributed by atoms with van der Waals surface area (Å²) in [6.45, 7) is 9.29. The number of nitrogens with zero attached hydrogens (tertiary/aromatic N) is 2. The summed E-state index contributed by atoms with van der Waals surface area (Å²) >= 11 is 0. The quantitative estimate of drug-likeness (QED) is 0.301. The van der Waals surface area contributed by atoms with Crippen LogP contribution in [-0.4, -0.2) is 76.7 Å². The maximum atomic E-state index is 11.6. The van der Waals surface area contributed by atoms with Gasteiger partial charge in [0.25, 0.3) is 0 Å². The minimum Gasteiger partial charge on any atom is -0.373 e. The second-order valence-corrected chi connectivity index (χ2v) is 10.5. The second-order valence-electron chi connectivity index (χ2n) is 8.24. The average molecular weight is 565 g/mol. The number of sulfone groups is 1. The van der Waals surface area contributed by atoms with Gasteiger partial charge in [0.2, 0.25) is 0 Å². The highest BCUT2D eigenvalue weighted by atomic mass is 127. The third-order valence-electron chi connectivity index (χ3n) is 5.84. The number of hydrogen-bond donors (Lipinski definition) is 2. The Morgan fingerprint density at radius 2 is 1.90 bits per heavy atom. The van der Waals surface area contributed by atoms with Crippen molar-refractivity contribution in [1.82, 2.24) is 15.5 Å². The standard InChI is InChI=1S/C22H36N4O3S.HI/c1-3-23-22(24-10-11-26-12-15-30(27,28)16-13-26)25-17-20-5-4-14-29-21(20)19-8-6-18(2)7-9-19;/h6-9,20-21H,3-5,10-17H2,1-2H3,(H2,23,24,25);1H. The fourth-order valence-electron chi connectivity index (χ4n) is 4.01. The van der Waals surface area contributed by atoms with E-state index in [-0.39, 0.29) is 41.6 Å². The van der Waals surface area contributed by atoms with Crippen molar-refractivity contribution in [3.05, 3.63) is 35.4 Å². The molecule has 176 valence electrons. The summed E-state index contributed by atoms with van der Waals surface area (Å²) in [5.41, 5.74) is 2.49. The number of aryl methyl sites for hydroxylation is 1. The summed E-state index contributed by atoms with van der Waals surface area (Å²) in [4.78, 5) is 7.03. The fourth-order valence-corrected chi connectivity index (χ4v) is 5.29. The van der Waals surface area contributed by atoms with Crippen LogP contribution in [0.4, 0.5) is 0 Å². The fraction of sp³-hybridized carbons (Fsp3) is 0.682. The number of hydrogen-bond acceptors (Lipinski definition) is 5. The van der Waals surface area contributed by atoms with Crippen molar-refractivity contribution in [3.63, 3.8) is 0 Å². The normalized spacial score (nSPS) is 24.3. The van der Waals surface area contributed by atoms with E-state index in [9.17, 15) is 8.42 Å². The van der Waals surface area contributed by atoms with Gasteiger partial charge in [0, 0.05) is 51.8 Å². The molecule has 7 nitrogen and oxygen atoms in total. The molecule has 0 aromatic heterocycles. The predicted molar refractivity (Wildman–Crippen MR) is 137 cm³/mol. The lowest BCUT2D eigenvalue weighted by atomic mass is 9.89. The van der Waals surface area contributed by atoms with Gasteiger partial charge in [-0.05, 0) is 32.3 Å². The van der Waals surface area contributed by atoms with Crippen LogP contribution in [0.2, 0.25) is 0 Å². The van der Waals surface area contributed by atoms with Crippen LogP contribution in [0.25, 0.3) is 0 Å². The molecule has 0 spiro atoms. The van der Waals surface area contributed by atoms with Crippen LogP contribution < -0.4 is 10.6 Å². The van der Waals surface area contributed by atoms with E-state index in [2.05, 4.69) is 53.6 Å². The van der Waals surface area contributed by atoms with Crippen LogP contribution in [-0.2, 0) is 14.6 Å². The molecule has 2 fully saturated rings. The largest absolute Gasteiger partial charge is 0.373 e. The Kier molecular flexibility index (Phi) is 11.0. The van der Waals surface area contributed by atoms with Crippen molar-refractivity contribution in [2.24, 2.45) is 10.9 Å². The Hall–Kier alpha value is -0.910. The van der Waals surface area contributed by atoms with Gasteiger partial charge in [0.15, 0.2) is 15.8 Å². The van der Waals surface area contributed by atoms with Crippen molar-refractivity contribution >= 4 is 39.8 Å². The van der Waals surface area contributed by atoms with Crippen LogP contribution in [0.1, 0.15) is 37.0 Å². The number of guanidine groups is 1. The summed E-state index contributed by atoms with van der Waals surface area (Å²) in [5, 5.41) is 6.72. The van der Waals surface area contributed by atoms with Crippen LogP contribution in [0.3, 0.4) is 0 Å². The molecule has 1 aromatic rings. The molecule has 2 aliphatic rings. The van der Waals surface area contributed by atoms with Gasteiger partial charge in [-0.15, -0.1) is 24.0 Å². The topological polar surface area (TPSA) is 83.0 Å². The third kappa shape index (κ3) is 8.51. The average Bonchev–Trinajstić information content (AvgIpc) is 2.74. The van der Waals surface area contributed by atoms with Gasteiger partial charge >= 0.3 is 0 Å². The van der Waals surface area contributed by atoms with Gasteiger partial charge in [-0.25, -0.2) is 8.42 Å². The Bertz CT molecular complexity index is 787. The molecule has 2 saturated heterocycles. The van der Waals surface area contributed by atoms with Gasteiger partial charge in [-0.3, -0.25) is 9.89 Å². The van der Waals surface area contributed by atoms with Gasteiger partial charge < -0.3 is 15.4 Å². The molecular formula is C22H37IN4O3S. The zero-order chi connectivity index (χ0) is 21.4. The van der Waals surface area contributed by atoms with Crippen LogP contribution in [0, 0.1) is 12.8 Å². The summed E-state index contributed by atoms with van der Waals surface area (Å²) in [5.74, 6) is 1.71. The first kappa shape index (κ1) is 26.3. The first-order chi connectivity index (χ1) is 14.5. The molecule has 2 N–H and O–H groups in total. The molecule has 31 heavy (non-hydrogen) atoms. The van der Waals surface area contributed by atoms with Crippen LogP contribution >= 0.6 is 24.0 Å². The van der Waals surface area contributed by atoms with E-state index in [1.165, 1.54) is 11.1 Å². The highest BCUT2D eigenvalue weighted by Gasteiger charge is 2.27. The smallest absolute Gasteiger partial charge is 0.191 e. The number of nitrogens with one attached hydrogen (secondary N) is 2. The first-order valence-corrected chi connectivity index (χ1v) is 12.9. The molecule has 2 aliphatic heterocycles. The number of aliphatic imine (C=N–C) groups is 1. The summed E-state index contributed by atoms with van der Waals surface area (Å²) in [7, 11) is -2.83. The minimum atomic E-state index is -2.83. The van der Waals surface area contributed by atoms with Crippen molar-refractivity contribution in [2.45, 2.75) is 32.8 Å². The van der Waals surface area contributed by atoms with E-state index in [0.29, 0.717) is 19.0 Å². The van der Waals surface area contributed by atoms with E-state index >= 15 is 0 Å². The number of ether oxygens (including phenoxy) is 1. The molecule has 1 aromatic carbocycles. The zero-order valence-corrected chi connectivity index (χ0v) is 21.8. The number of rotatable bonds is 7. The van der Waals surface area contributed by atoms with E-state index in [0.717, 1.165) is 51.6 Å². The van der Waals surface area contributed by atoms with Gasteiger partial charge in [0.1, 0.15) is 0 Å². The predicted octanol–water partition coefficient (Wildman–Crippen LogP) is 2.37. The molecule has 2 atom stereocenters. The summed E-state index contributed by atoms with van der Waals surface area (Å²) in [6, 6.07) is 8.63. The summed E-state index contributed by atoms with van der Waals surface area (Å²) < 4.78 is 29.2. The third-order valence-corrected chi connectivity index (χ3v) is 7.45. The highest BCUT2D eigenvalue weighted by Crippen LogP contribution is 2.33. The summed E-state index contributed by atoms with van der Waals surface area (Å²) in [6.07, 6.45) is 2.29. The van der Waals surface area contributed by atoms with E-state index in [1.807, 2.05) is 0 Å². The van der Waals surface area contributed by atoms with Crippen LogP contribution in [0.5, 0.6) is 0 Å². The van der Waals surface area contributed by atoms with E-state index in [1.54, 1.807) is 0 Å². The lowest BCUT2D eigenvalue weighted by molar-refractivity contribution is -0.0250. The molecule has 3 rings (SSSR count). The molecule has 0 saturated carbocycles. The van der Waals surface area contributed by atoms with Crippen molar-refractivity contribution < 1.29 is 13.2 Å².